The fourth-order valence-corrected chi connectivity index (χ4v) is 2.79. The molecule has 80 valence electrons. The number of carbonyl (C=O) groups is 2. The summed E-state index contributed by atoms with van der Waals surface area (Å²) >= 11 is 1.31. The van der Waals surface area contributed by atoms with Gasteiger partial charge in [0.15, 0.2) is 11.9 Å². The Balaban J connectivity index is 2.27. The summed E-state index contributed by atoms with van der Waals surface area (Å²) in [6.07, 6.45) is -0.497. The highest BCUT2D eigenvalue weighted by Crippen LogP contribution is 2.31. The number of aryl methyl sites for hydroxylation is 1. The maximum atomic E-state index is 11.8. The number of carboxylic acid groups (broad SMARTS) is 1. The molecule has 2 atom stereocenters. The molecule has 1 aromatic rings. The summed E-state index contributed by atoms with van der Waals surface area (Å²) in [5.41, 5.74) is 0.971. The molecule has 2 rings (SSSR count). The van der Waals surface area contributed by atoms with Crippen LogP contribution in [-0.4, -0.2) is 28.1 Å². The maximum Gasteiger partial charge on any atom is 0.333 e. The number of hydrogen-bond acceptors (Lipinski definition) is 4. The summed E-state index contributed by atoms with van der Waals surface area (Å²) in [4.78, 5) is 23.0. The Morgan fingerprint density at radius 1 is 1.60 bits per heavy atom. The zero-order valence-corrected chi connectivity index (χ0v) is 8.66. The van der Waals surface area contributed by atoms with Gasteiger partial charge in [0, 0.05) is 0 Å². The first kappa shape index (κ1) is 10.3. The summed E-state index contributed by atoms with van der Waals surface area (Å²) in [6, 6.07) is 1.88. The number of hydrogen-bond donors (Lipinski definition) is 2. The molecule has 0 spiro atoms. The van der Waals surface area contributed by atoms with E-state index in [9.17, 15) is 14.7 Å². The Labute approximate surface area is 90.2 Å². The lowest BCUT2D eigenvalue weighted by molar-refractivity contribution is -0.148. The number of ketones is 1. The van der Waals surface area contributed by atoms with Crippen LogP contribution < -0.4 is 0 Å². The van der Waals surface area contributed by atoms with E-state index in [4.69, 9.17) is 5.11 Å². The quantitative estimate of drug-likeness (QED) is 0.787. The van der Waals surface area contributed by atoms with Crippen LogP contribution in [0, 0.1) is 5.92 Å². The molecule has 0 fully saturated rings. The molecule has 15 heavy (non-hydrogen) atoms. The molecule has 0 amide bonds. The Bertz CT molecular complexity index is 409. The molecule has 0 radical (unpaired) electrons. The summed E-state index contributed by atoms with van der Waals surface area (Å²) in [5, 5.41) is 19.8. The minimum absolute atomic E-state index is 0.235. The molecule has 1 aliphatic rings. The zero-order chi connectivity index (χ0) is 11.0. The standard InChI is InChI=1S/C10H10O4S/c11-7-6(8(12)10(13)14)2-1-5-3-4-15-9(5)7/h3-4,6,8,12H,1-2H2,(H,13,14). The van der Waals surface area contributed by atoms with Crippen molar-refractivity contribution in [3.63, 3.8) is 0 Å². The van der Waals surface area contributed by atoms with Gasteiger partial charge in [0.1, 0.15) is 0 Å². The predicted molar refractivity (Wildman–Crippen MR) is 54.1 cm³/mol. The normalized spacial score (nSPS) is 22.2. The lowest BCUT2D eigenvalue weighted by atomic mass is 9.84. The molecule has 1 aromatic heterocycles. The van der Waals surface area contributed by atoms with Crippen molar-refractivity contribution < 1.29 is 19.8 Å². The molecule has 2 unspecified atom stereocenters. The number of aliphatic hydroxyl groups excluding tert-OH is 1. The fraction of sp³-hybridized carbons (Fsp3) is 0.400. The molecular weight excluding hydrogens is 216 g/mol. The minimum atomic E-state index is -1.58. The largest absolute Gasteiger partial charge is 0.479 e. The molecule has 0 bridgehead atoms. The van der Waals surface area contributed by atoms with E-state index in [1.165, 1.54) is 11.3 Å². The van der Waals surface area contributed by atoms with Gasteiger partial charge in [0.25, 0.3) is 0 Å². The average Bonchev–Trinajstić information content (AvgIpc) is 2.66. The molecule has 0 aliphatic heterocycles. The molecule has 0 saturated carbocycles. The Morgan fingerprint density at radius 2 is 2.33 bits per heavy atom. The molecule has 1 aliphatic carbocycles. The second kappa shape index (κ2) is 3.75. The third-order valence-corrected chi connectivity index (χ3v) is 3.64. The molecule has 0 aromatic carbocycles. The van der Waals surface area contributed by atoms with Crippen molar-refractivity contribution in [2.24, 2.45) is 5.92 Å². The van der Waals surface area contributed by atoms with E-state index in [2.05, 4.69) is 0 Å². The summed E-state index contributed by atoms with van der Waals surface area (Å²) in [7, 11) is 0. The first-order valence-corrected chi connectivity index (χ1v) is 5.50. The van der Waals surface area contributed by atoms with Crippen molar-refractivity contribution in [2.45, 2.75) is 18.9 Å². The van der Waals surface area contributed by atoms with Gasteiger partial charge in [-0.25, -0.2) is 4.79 Å². The van der Waals surface area contributed by atoms with Gasteiger partial charge in [-0.3, -0.25) is 4.79 Å². The maximum absolute atomic E-state index is 11.8. The second-order valence-electron chi connectivity index (χ2n) is 3.57. The van der Waals surface area contributed by atoms with Crippen LogP contribution in [0.25, 0.3) is 0 Å². The molecule has 4 nitrogen and oxygen atoms in total. The van der Waals surface area contributed by atoms with Gasteiger partial charge in [-0.05, 0) is 29.9 Å². The first-order chi connectivity index (χ1) is 7.11. The van der Waals surface area contributed by atoms with E-state index in [1.807, 2.05) is 11.4 Å². The molecular formula is C10H10O4S. The Kier molecular flexibility index (Phi) is 2.58. The van der Waals surface area contributed by atoms with Gasteiger partial charge in [0.2, 0.25) is 0 Å². The Hall–Kier alpha value is -1.20. The zero-order valence-electron chi connectivity index (χ0n) is 7.84. The minimum Gasteiger partial charge on any atom is -0.479 e. The summed E-state index contributed by atoms with van der Waals surface area (Å²) < 4.78 is 0. The van der Waals surface area contributed by atoms with Crippen LogP contribution in [0.3, 0.4) is 0 Å². The van der Waals surface area contributed by atoms with Gasteiger partial charge in [-0.1, -0.05) is 0 Å². The number of carboxylic acids is 1. The fourth-order valence-electron chi connectivity index (χ4n) is 1.83. The lowest BCUT2D eigenvalue weighted by Crippen LogP contribution is -2.37. The van der Waals surface area contributed by atoms with Gasteiger partial charge in [-0.2, -0.15) is 0 Å². The average molecular weight is 226 g/mol. The van der Waals surface area contributed by atoms with E-state index in [1.54, 1.807) is 0 Å². The van der Waals surface area contributed by atoms with Crippen molar-refractivity contribution in [3.8, 4) is 0 Å². The highest BCUT2D eigenvalue weighted by atomic mass is 32.1. The van der Waals surface area contributed by atoms with Crippen LogP contribution in [0.5, 0.6) is 0 Å². The molecule has 0 saturated heterocycles. The van der Waals surface area contributed by atoms with E-state index in [-0.39, 0.29) is 5.78 Å². The number of fused-ring (bicyclic) bond motifs is 1. The SMILES string of the molecule is O=C(O)C(O)C1CCc2ccsc2C1=O. The van der Waals surface area contributed by atoms with Crippen LogP contribution in [0.2, 0.25) is 0 Å². The smallest absolute Gasteiger partial charge is 0.333 e. The van der Waals surface area contributed by atoms with Crippen molar-refractivity contribution in [1.82, 2.24) is 0 Å². The van der Waals surface area contributed by atoms with Crippen molar-refractivity contribution >= 4 is 23.1 Å². The number of rotatable bonds is 2. The highest BCUT2D eigenvalue weighted by Gasteiger charge is 2.36. The molecule has 1 heterocycles. The number of aliphatic carboxylic acids is 1. The number of Topliss-reactive ketones (excluding diaryl/α,β-unsaturated/α-hetero) is 1. The van der Waals surface area contributed by atoms with Gasteiger partial charge >= 0.3 is 5.97 Å². The predicted octanol–water partition coefficient (Wildman–Crippen LogP) is 0.939. The Morgan fingerprint density at radius 3 is 3.00 bits per heavy atom. The highest BCUT2D eigenvalue weighted by molar-refractivity contribution is 7.12. The van der Waals surface area contributed by atoms with Gasteiger partial charge in [0.05, 0.1) is 10.8 Å². The van der Waals surface area contributed by atoms with E-state index >= 15 is 0 Å². The van der Waals surface area contributed by atoms with Crippen LogP contribution in [0.1, 0.15) is 21.7 Å². The molecule has 5 heteroatoms. The van der Waals surface area contributed by atoms with Crippen molar-refractivity contribution in [3.05, 3.63) is 21.9 Å². The summed E-state index contributed by atoms with van der Waals surface area (Å²) in [5.74, 6) is -2.34. The first-order valence-electron chi connectivity index (χ1n) is 4.62. The van der Waals surface area contributed by atoms with E-state index in [0.29, 0.717) is 17.7 Å². The van der Waals surface area contributed by atoms with Crippen LogP contribution in [-0.2, 0) is 11.2 Å². The van der Waals surface area contributed by atoms with Crippen molar-refractivity contribution in [2.75, 3.05) is 0 Å². The summed E-state index contributed by atoms with van der Waals surface area (Å²) in [6.45, 7) is 0. The van der Waals surface area contributed by atoms with Gasteiger partial charge < -0.3 is 10.2 Å². The van der Waals surface area contributed by atoms with Gasteiger partial charge in [-0.15, -0.1) is 11.3 Å². The van der Waals surface area contributed by atoms with Crippen LogP contribution in [0.15, 0.2) is 11.4 Å². The van der Waals surface area contributed by atoms with Crippen LogP contribution >= 0.6 is 11.3 Å². The van der Waals surface area contributed by atoms with E-state index in [0.717, 1.165) is 5.56 Å². The number of aliphatic hydroxyl groups is 1. The van der Waals surface area contributed by atoms with Crippen LogP contribution in [0.4, 0.5) is 0 Å². The third-order valence-electron chi connectivity index (χ3n) is 2.67. The number of carbonyl (C=O) groups excluding carboxylic acids is 1. The topological polar surface area (TPSA) is 74.6 Å². The molecule has 2 N–H and O–H groups in total. The number of thiophene rings is 1. The lowest BCUT2D eigenvalue weighted by Gasteiger charge is -2.22. The second-order valence-corrected chi connectivity index (χ2v) is 4.48. The van der Waals surface area contributed by atoms with E-state index < -0.39 is 18.0 Å². The monoisotopic (exact) mass is 226 g/mol. The third kappa shape index (κ3) is 1.68. The van der Waals surface area contributed by atoms with Crippen molar-refractivity contribution in [1.29, 1.82) is 0 Å².